The van der Waals surface area contributed by atoms with E-state index < -0.39 is 10.0 Å². The molecule has 17 heavy (non-hydrogen) atoms. The van der Waals surface area contributed by atoms with Crippen molar-refractivity contribution in [3.05, 3.63) is 17.7 Å². The van der Waals surface area contributed by atoms with Crippen LogP contribution in [0.15, 0.2) is 17.3 Å². The van der Waals surface area contributed by atoms with Crippen molar-refractivity contribution in [1.29, 1.82) is 0 Å². The Balaban J connectivity index is 2.30. The molecular formula is C10H14ClN3O2S. The highest BCUT2D eigenvalue weighted by Gasteiger charge is 2.37. The smallest absolute Gasteiger partial charge is 0.225 e. The zero-order valence-electron chi connectivity index (χ0n) is 9.50. The first-order chi connectivity index (χ1) is 8.05. The van der Waals surface area contributed by atoms with Gasteiger partial charge in [0.25, 0.3) is 0 Å². The molecule has 94 valence electrons. The second-order valence-corrected chi connectivity index (χ2v) is 6.26. The molecule has 0 aromatic carbocycles. The Kier molecular flexibility index (Phi) is 3.65. The molecule has 0 unspecified atom stereocenters. The van der Waals surface area contributed by atoms with Crippen LogP contribution in [0.3, 0.4) is 0 Å². The largest absolute Gasteiger partial charge is 0.246 e. The molecule has 0 bridgehead atoms. The van der Waals surface area contributed by atoms with Gasteiger partial charge in [-0.2, -0.15) is 4.31 Å². The highest BCUT2D eigenvalue weighted by molar-refractivity contribution is 7.89. The lowest BCUT2D eigenvalue weighted by atomic mass is 10.5. The summed E-state index contributed by atoms with van der Waals surface area (Å²) < 4.78 is 26.2. The number of nitrogens with zero attached hydrogens (tertiary/aromatic N) is 3. The van der Waals surface area contributed by atoms with Gasteiger partial charge >= 0.3 is 0 Å². The topological polar surface area (TPSA) is 63.2 Å². The van der Waals surface area contributed by atoms with E-state index in [1.807, 2.05) is 6.92 Å². The summed E-state index contributed by atoms with van der Waals surface area (Å²) in [5, 5.41) is 0.0532. The van der Waals surface area contributed by atoms with E-state index in [9.17, 15) is 8.42 Å². The van der Waals surface area contributed by atoms with Crippen LogP contribution >= 0.6 is 11.6 Å². The van der Waals surface area contributed by atoms with Crippen LogP contribution in [0.1, 0.15) is 26.2 Å². The molecule has 1 heterocycles. The average molecular weight is 276 g/mol. The predicted octanol–water partition coefficient (Wildman–Crippen LogP) is 1.69. The van der Waals surface area contributed by atoms with Crippen molar-refractivity contribution in [2.75, 3.05) is 6.54 Å². The van der Waals surface area contributed by atoms with E-state index in [1.54, 1.807) is 4.31 Å². The summed E-state index contributed by atoms with van der Waals surface area (Å²) >= 11 is 5.55. The minimum atomic E-state index is -3.47. The van der Waals surface area contributed by atoms with Crippen molar-refractivity contribution in [2.45, 2.75) is 37.1 Å². The molecule has 0 saturated heterocycles. The van der Waals surface area contributed by atoms with Crippen LogP contribution in [-0.2, 0) is 10.0 Å². The van der Waals surface area contributed by atoms with Crippen molar-refractivity contribution in [3.63, 3.8) is 0 Å². The minimum absolute atomic E-state index is 0.0532. The Morgan fingerprint density at radius 2 is 2.00 bits per heavy atom. The number of hydrogen-bond donors (Lipinski definition) is 0. The van der Waals surface area contributed by atoms with Crippen LogP contribution in [-0.4, -0.2) is 35.3 Å². The van der Waals surface area contributed by atoms with Gasteiger partial charge < -0.3 is 0 Å². The summed E-state index contributed by atoms with van der Waals surface area (Å²) in [7, 11) is -3.47. The van der Waals surface area contributed by atoms with Crippen LogP contribution in [0.4, 0.5) is 0 Å². The van der Waals surface area contributed by atoms with Gasteiger partial charge in [0.1, 0.15) is 4.90 Å². The van der Waals surface area contributed by atoms with Crippen LogP contribution in [0.25, 0.3) is 0 Å². The van der Waals surface area contributed by atoms with Crippen LogP contribution in [0.5, 0.6) is 0 Å². The second-order valence-electron chi connectivity index (χ2n) is 4.03. The van der Waals surface area contributed by atoms with Gasteiger partial charge in [-0.05, 0) is 30.9 Å². The normalized spacial score (nSPS) is 16.4. The van der Waals surface area contributed by atoms with Crippen molar-refractivity contribution < 1.29 is 8.42 Å². The van der Waals surface area contributed by atoms with Crippen molar-refractivity contribution in [1.82, 2.24) is 14.3 Å². The molecule has 1 saturated carbocycles. The van der Waals surface area contributed by atoms with Gasteiger partial charge in [-0.25, -0.2) is 18.4 Å². The first-order valence-corrected chi connectivity index (χ1v) is 7.37. The summed E-state index contributed by atoms with van der Waals surface area (Å²) in [6.07, 6.45) is 5.19. The molecule has 0 spiro atoms. The molecule has 7 heteroatoms. The third kappa shape index (κ3) is 2.75. The summed E-state index contributed by atoms with van der Waals surface area (Å²) in [4.78, 5) is 7.55. The monoisotopic (exact) mass is 275 g/mol. The van der Waals surface area contributed by atoms with E-state index in [0.29, 0.717) is 6.54 Å². The van der Waals surface area contributed by atoms with E-state index in [0.717, 1.165) is 19.3 Å². The van der Waals surface area contributed by atoms with E-state index in [1.165, 1.54) is 12.4 Å². The molecule has 0 aliphatic heterocycles. The fraction of sp³-hybridized carbons (Fsp3) is 0.600. The Morgan fingerprint density at radius 1 is 1.41 bits per heavy atom. The number of halogens is 1. The lowest BCUT2D eigenvalue weighted by molar-refractivity contribution is 0.403. The van der Waals surface area contributed by atoms with Gasteiger partial charge in [-0.3, -0.25) is 0 Å². The van der Waals surface area contributed by atoms with Crippen molar-refractivity contribution in [2.24, 2.45) is 0 Å². The van der Waals surface area contributed by atoms with Gasteiger partial charge in [0, 0.05) is 12.6 Å². The maximum atomic E-state index is 12.3. The SMILES string of the molecule is CCCN(C1CC1)S(=O)(=O)c1cnc(Cl)nc1. The Labute approximate surface area is 106 Å². The zero-order chi connectivity index (χ0) is 12.5. The number of aromatic nitrogens is 2. The fourth-order valence-electron chi connectivity index (χ4n) is 1.65. The van der Waals surface area contributed by atoms with E-state index in [-0.39, 0.29) is 16.2 Å². The first-order valence-electron chi connectivity index (χ1n) is 5.55. The van der Waals surface area contributed by atoms with E-state index in [4.69, 9.17) is 11.6 Å². The molecule has 2 rings (SSSR count). The van der Waals surface area contributed by atoms with Gasteiger partial charge in [0.05, 0.1) is 12.4 Å². The summed E-state index contributed by atoms with van der Waals surface area (Å²) in [5.41, 5.74) is 0. The zero-order valence-corrected chi connectivity index (χ0v) is 11.1. The number of sulfonamides is 1. The van der Waals surface area contributed by atoms with Crippen LogP contribution in [0, 0.1) is 0 Å². The van der Waals surface area contributed by atoms with E-state index in [2.05, 4.69) is 9.97 Å². The maximum Gasteiger partial charge on any atom is 0.246 e. The molecule has 1 aromatic heterocycles. The molecular weight excluding hydrogens is 262 g/mol. The molecule has 0 amide bonds. The van der Waals surface area contributed by atoms with Crippen LogP contribution < -0.4 is 0 Å². The molecule has 0 atom stereocenters. The molecule has 1 aromatic rings. The third-order valence-corrected chi connectivity index (χ3v) is 4.70. The quantitative estimate of drug-likeness (QED) is 0.767. The first kappa shape index (κ1) is 12.7. The van der Waals surface area contributed by atoms with Gasteiger partial charge in [0.2, 0.25) is 15.3 Å². The maximum absolute atomic E-state index is 12.3. The summed E-state index contributed by atoms with van der Waals surface area (Å²) in [6.45, 7) is 2.50. The molecule has 0 N–H and O–H groups in total. The standard InChI is InChI=1S/C10H14ClN3O2S/c1-2-5-14(8-3-4-8)17(15,16)9-6-12-10(11)13-7-9/h6-8H,2-5H2,1H3. The number of rotatable bonds is 5. The molecule has 1 aliphatic rings. The number of hydrogen-bond acceptors (Lipinski definition) is 4. The highest BCUT2D eigenvalue weighted by atomic mass is 35.5. The van der Waals surface area contributed by atoms with Crippen LogP contribution in [0.2, 0.25) is 5.28 Å². The van der Waals surface area contributed by atoms with Gasteiger partial charge in [-0.15, -0.1) is 0 Å². The van der Waals surface area contributed by atoms with Gasteiger partial charge in [-0.1, -0.05) is 6.92 Å². The Morgan fingerprint density at radius 3 is 2.47 bits per heavy atom. The Hall–Kier alpha value is -0.720. The molecule has 1 aliphatic carbocycles. The van der Waals surface area contributed by atoms with Crippen molar-refractivity contribution in [3.8, 4) is 0 Å². The molecule has 1 fully saturated rings. The second kappa shape index (κ2) is 4.88. The third-order valence-electron chi connectivity index (χ3n) is 2.60. The molecule has 0 radical (unpaired) electrons. The lowest BCUT2D eigenvalue weighted by Crippen LogP contribution is -2.34. The van der Waals surface area contributed by atoms with Crippen molar-refractivity contribution >= 4 is 21.6 Å². The Bertz CT molecular complexity index is 485. The predicted molar refractivity (Wildman–Crippen MR) is 64.2 cm³/mol. The van der Waals surface area contributed by atoms with Gasteiger partial charge in [0.15, 0.2) is 0 Å². The van der Waals surface area contributed by atoms with E-state index >= 15 is 0 Å². The summed E-state index contributed by atoms with van der Waals surface area (Å²) in [6, 6.07) is 0.149. The minimum Gasteiger partial charge on any atom is -0.225 e. The average Bonchev–Trinajstić information content (AvgIpc) is 3.10. The fourth-order valence-corrected chi connectivity index (χ4v) is 3.42. The highest BCUT2D eigenvalue weighted by Crippen LogP contribution is 2.31. The summed E-state index contributed by atoms with van der Waals surface area (Å²) in [5.74, 6) is 0. The molecule has 5 nitrogen and oxygen atoms in total. The lowest BCUT2D eigenvalue weighted by Gasteiger charge is -2.20.